The van der Waals surface area contributed by atoms with Crippen molar-refractivity contribution in [2.75, 3.05) is 0 Å². The van der Waals surface area contributed by atoms with Crippen molar-refractivity contribution in [3.05, 3.63) is 120 Å². The zero-order valence-corrected chi connectivity index (χ0v) is 20.9. The molecule has 0 amide bonds. The summed E-state index contributed by atoms with van der Waals surface area (Å²) in [4.78, 5) is 4.04. The zero-order chi connectivity index (χ0) is 28.9. The Bertz CT molecular complexity index is 1980. The molecule has 0 aliphatic heterocycles. The predicted molar refractivity (Wildman–Crippen MR) is 144 cm³/mol. The summed E-state index contributed by atoms with van der Waals surface area (Å²) < 4.78 is 83.7. The molecule has 0 spiro atoms. The van der Waals surface area contributed by atoms with Crippen molar-refractivity contribution < 1.29 is 26.3 Å². The Kier molecular flexibility index (Phi) is 6.07. The summed E-state index contributed by atoms with van der Waals surface area (Å²) in [6.07, 6.45) is -6.68. The van der Waals surface area contributed by atoms with E-state index < -0.39 is 23.5 Å². The first-order chi connectivity index (χ1) is 19.5. The van der Waals surface area contributed by atoms with Gasteiger partial charge >= 0.3 is 12.4 Å². The van der Waals surface area contributed by atoms with Gasteiger partial charge in [0.1, 0.15) is 0 Å². The van der Waals surface area contributed by atoms with Crippen LogP contribution >= 0.6 is 0 Å². The molecule has 0 unspecified atom stereocenters. The fraction of sp³-hybridized carbons (Fsp3) is 0.0625. The molecule has 0 saturated heterocycles. The largest absolute Gasteiger partial charge is 0.417 e. The molecule has 0 atom stereocenters. The average molecular weight is 557 g/mol. The second kappa shape index (κ2) is 9.52. The molecule has 2 heterocycles. The first-order valence-corrected chi connectivity index (χ1v) is 12.3. The minimum absolute atomic E-state index is 0.105. The molecule has 41 heavy (non-hydrogen) atoms. The number of rotatable bonds is 3. The Morgan fingerprint density at radius 3 is 2.07 bits per heavy atom. The Balaban J connectivity index is 1.64. The summed E-state index contributed by atoms with van der Waals surface area (Å²) in [5.74, 6) is 0. The molecular formula is C32H17F6N3. The van der Waals surface area contributed by atoms with Crippen molar-refractivity contribution in [2.45, 2.75) is 12.4 Å². The van der Waals surface area contributed by atoms with E-state index in [0.29, 0.717) is 22.8 Å². The lowest BCUT2D eigenvalue weighted by Gasteiger charge is -2.17. The van der Waals surface area contributed by atoms with E-state index in [0.717, 1.165) is 33.5 Å². The Hall–Kier alpha value is -5.10. The van der Waals surface area contributed by atoms with Crippen LogP contribution in [0.4, 0.5) is 26.3 Å². The van der Waals surface area contributed by atoms with Crippen LogP contribution in [0.5, 0.6) is 0 Å². The quantitative estimate of drug-likeness (QED) is 0.204. The number of benzene rings is 4. The topological polar surface area (TPSA) is 41.6 Å². The van der Waals surface area contributed by atoms with Crippen LogP contribution in [0.1, 0.15) is 16.7 Å². The predicted octanol–water partition coefficient (Wildman–Crippen LogP) is 9.42. The van der Waals surface area contributed by atoms with Crippen LogP contribution in [0.3, 0.4) is 0 Å². The Morgan fingerprint density at radius 1 is 0.634 bits per heavy atom. The highest BCUT2D eigenvalue weighted by Crippen LogP contribution is 2.43. The zero-order valence-electron chi connectivity index (χ0n) is 20.9. The summed E-state index contributed by atoms with van der Waals surface area (Å²) in [6.45, 7) is 0. The Morgan fingerprint density at radius 2 is 1.37 bits per heavy atom. The SMILES string of the molecule is N#Cc1cc(-c2ccncc2)cc(-n2c3ccccc3c3ccc(-c4ccc(C(F)(F)F)cc4C(F)(F)F)cc32)c1. The van der Waals surface area contributed by atoms with Crippen LogP contribution < -0.4 is 0 Å². The fourth-order valence-electron chi connectivity index (χ4n) is 5.14. The third kappa shape index (κ3) is 4.67. The molecule has 2 aromatic heterocycles. The molecule has 6 rings (SSSR count). The van der Waals surface area contributed by atoms with Gasteiger partial charge in [0.25, 0.3) is 0 Å². The second-order valence-electron chi connectivity index (χ2n) is 9.46. The minimum Gasteiger partial charge on any atom is -0.309 e. The minimum atomic E-state index is -5.02. The molecule has 0 fully saturated rings. The molecule has 0 saturated carbocycles. The van der Waals surface area contributed by atoms with E-state index in [2.05, 4.69) is 11.1 Å². The van der Waals surface area contributed by atoms with Gasteiger partial charge in [-0.15, -0.1) is 0 Å². The van der Waals surface area contributed by atoms with E-state index in [1.807, 2.05) is 34.9 Å². The lowest BCUT2D eigenvalue weighted by molar-refractivity contribution is -0.142. The maximum atomic E-state index is 14.0. The van der Waals surface area contributed by atoms with E-state index in [4.69, 9.17) is 0 Å². The van der Waals surface area contributed by atoms with Gasteiger partial charge in [0, 0.05) is 28.9 Å². The number of nitriles is 1. The normalized spacial score (nSPS) is 12.1. The summed E-state index contributed by atoms with van der Waals surface area (Å²) in [5, 5.41) is 11.3. The number of alkyl halides is 6. The lowest BCUT2D eigenvalue weighted by Crippen LogP contribution is -2.12. The van der Waals surface area contributed by atoms with Gasteiger partial charge in [0.05, 0.1) is 33.8 Å². The molecule has 9 heteroatoms. The van der Waals surface area contributed by atoms with Crippen molar-refractivity contribution in [1.29, 1.82) is 5.26 Å². The fourth-order valence-corrected chi connectivity index (χ4v) is 5.14. The molecular weight excluding hydrogens is 540 g/mol. The van der Waals surface area contributed by atoms with Gasteiger partial charge in [-0.05, 0) is 76.9 Å². The standard InChI is InChI=1S/C32H17F6N3/c33-31(34,35)23-6-8-25(28(17-23)32(36,37)38)21-5-7-27-26-3-1-2-4-29(26)41(30(27)16-21)24-14-19(18-39)13-22(15-24)20-9-11-40-12-10-20/h1-17H. The van der Waals surface area contributed by atoms with Crippen LogP contribution in [0.25, 0.3) is 49.7 Å². The van der Waals surface area contributed by atoms with Crippen molar-refractivity contribution in [1.82, 2.24) is 9.55 Å². The highest BCUT2D eigenvalue weighted by Gasteiger charge is 2.38. The van der Waals surface area contributed by atoms with E-state index in [-0.39, 0.29) is 17.2 Å². The third-order valence-corrected chi connectivity index (χ3v) is 6.96. The van der Waals surface area contributed by atoms with Crippen LogP contribution in [-0.2, 0) is 12.4 Å². The highest BCUT2D eigenvalue weighted by atomic mass is 19.4. The molecule has 0 aliphatic rings. The molecule has 6 aromatic rings. The molecule has 0 bridgehead atoms. The van der Waals surface area contributed by atoms with E-state index in [9.17, 15) is 31.6 Å². The summed E-state index contributed by atoms with van der Waals surface area (Å²) >= 11 is 0. The van der Waals surface area contributed by atoms with E-state index in [1.165, 1.54) is 6.07 Å². The first kappa shape index (κ1) is 26.1. The van der Waals surface area contributed by atoms with Crippen molar-refractivity contribution in [2.24, 2.45) is 0 Å². The number of hydrogen-bond acceptors (Lipinski definition) is 2. The first-order valence-electron chi connectivity index (χ1n) is 12.3. The highest BCUT2D eigenvalue weighted by molar-refractivity contribution is 6.10. The molecule has 202 valence electrons. The van der Waals surface area contributed by atoms with Gasteiger partial charge in [-0.25, -0.2) is 0 Å². The molecule has 0 aliphatic carbocycles. The van der Waals surface area contributed by atoms with Gasteiger partial charge in [-0.3, -0.25) is 4.98 Å². The Labute approximate surface area is 229 Å². The van der Waals surface area contributed by atoms with Gasteiger partial charge in [0.2, 0.25) is 0 Å². The van der Waals surface area contributed by atoms with Gasteiger partial charge in [-0.1, -0.05) is 36.4 Å². The molecule has 0 N–H and O–H groups in total. The molecule has 3 nitrogen and oxygen atoms in total. The number of hydrogen-bond donors (Lipinski definition) is 0. The van der Waals surface area contributed by atoms with Crippen molar-refractivity contribution in [3.8, 4) is 34.0 Å². The maximum absolute atomic E-state index is 14.0. The van der Waals surface area contributed by atoms with Crippen LogP contribution in [-0.4, -0.2) is 9.55 Å². The summed E-state index contributed by atoms with van der Waals surface area (Å²) in [5.41, 5.74) is 0.805. The maximum Gasteiger partial charge on any atom is 0.417 e. The van der Waals surface area contributed by atoms with E-state index in [1.54, 1.807) is 48.8 Å². The van der Waals surface area contributed by atoms with Crippen LogP contribution in [0, 0.1) is 11.3 Å². The lowest BCUT2D eigenvalue weighted by atomic mass is 9.96. The van der Waals surface area contributed by atoms with E-state index >= 15 is 0 Å². The van der Waals surface area contributed by atoms with Crippen molar-refractivity contribution in [3.63, 3.8) is 0 Å². The number of nitrogens with zero attached hydrogens (tertiary/aromatic N) is 3. The van der Waals surface area contributed by atoms with Crippen LogP contribution in [0.15, 0.2) is 103 Å². The van der Waals surface area contributed by atoms with Gasteiger partial charge < -0.3 is 4.57 Å². The number of fused-ring (bicyclic) bond motifs is 3. The molecule has 0 radical (unpaired) electrons. The summed E-state index contributed by atoms with van der Waals surface area (Å²) in [7, 11) is 0. The van der Waals surface area contributed by atoms with Crippen LogP contribution in [0.2, 0.25) is 0 Å². The number of aromatic nitrogens is 2. The summed E-state index contributed by atoms with van der Waals surface area (Å²) in [6, 6.07) is 24.8. The third-order valence-electron chi connectivity index (χ3n) is 6.96. The molecule has 4 aromatic carbocycles. The smallest absolute Gasteiger partial charge is 0.309 e. The monoisotopic (exact) mass is 557 g/mol. The van der Waals surface area contributed by atoms with Crippen molar-refractivity contribution >= 4 is 21.8 Å². The number of halogens is 6. The van der Waals surface area contributed by atoms with Gasteiger partial charge in [-0.2, -0.15) is 31.6 Å². The van der Waals surface area contributed by atoms with Gasteiger partial charge in [0.15, 0.2) is 0 Å². The average Bonchev–Trinajstić information content (AvgIpc) is 3.30. The number of para-hydroxylation sites is 1. The second-order valence-corrected chi connectivity index (χ2v) is 9.46. The number of pyridine rings is 1.